The molecule has 0 unspecified atom stereocenters. The Kier molecular flexibility index (Phi) is 5.19. The van der Waals surface area contributed by atoms with Crippen LogP contribution in [0.1, 0.15) is 19.8 Å². The van der Waals surface area contributed by atoms with E-state index in [9.17, 15) is 14.0 Å². The van der Waals surface area contributed by atoms with Crippen molar-refractivity contribution in [3.63, 3.8) is 0 Å². The summed E-state index contributed by atoms with van der Waals surface area (Å²) in [5, 5.41) is 11.6. The lowest BCUT2D eigenvalue weighted by Crippen LogP contribution is -2.42. The van der Waals surface area contributed by atoms with Crippen molar-refractivity contribution in [3.8, 4) is 5.75 Å². The zero-order valence-corrected chi connectivity index (χ0v) is 12.3. The van der Waals surface area contributed by atoms with Gasteiger partial charge in [-0.15, -0.1) is 0 Å². The number of likely N-dealkylation sites (tertiary alicyclic amines) is 1. The van der Waals surface area contributed by atoms with Crippen molar-refractivity contribution >= 4 is 17.7 Å². The molecule has 6 nitrogen and oxygen atoms in total. The molecule has 1 aliphatic rings. The van der Waals surface area contributed by atoms with Gasteiger partial charge in [0.25, 0.3) is 0 Å². The van der Waals surface area contributed by atoms with Gasteiger partial charge in [-0.2, -0.15) is 0 Å². The van der Waals surface area contributed by atoms with Gasteiger partial charge >= 0.3 is 12.0 Å². The zero-order chi connectivity index (χ0) is 16.1. The Hall–Kier alpha value is -2.31. The second-order valence-corrected chi connectivity index (χ2v) is 5.10. The summed E-state index contributed by atoms with van der Waals surface area (Å²) < 4.78 is 18.5. The van der Waals surface area contributed by atoms with Crippen LogP contribution >= 0.6 is 0 Å². The number of nitrogens with one attached hydrogen (secondary N) is 1. The van der Waals surface area contributed by atoms with Crippen molar-refractivity contribution in [1.82, 2.24) is 4.90 Å². The van der Waals surface area contributed by atoms with Gasteiger partial charge in [-0.1, -0.05) is 0 Å². The van der Waals surface area contributed by atoms with E-state index in [1.165, 1.54) is 18.2 Å². The number of benzene rings is 1. The number of rotatable bonds is 4. The molecule has 2 N–H and O–H groups in total. The van der Waals surface area contributed by atoms with Crippen LogP contribution in [-0.2, 0) is 4.79 Å². The maximum Gasteiger partial charge on any atom is 0.321 e. The van der Waals surface area contributed by atoms with Crippen LogP contribution in [0.15, 0.2) is 18.2 Å². The summed E-state index contributed by atoms with van der Waals surface area (Å²) in [6.07, 6.45) is 0.870. The van der Waals surface area contributed by atoms with Crippen LogP contribution in [-0.4, -0.2) is 41.7 Å². The minimum Gasteiger partial charge on any atom is -0.492 e. The Balaban J connectivity index is 1.99. The van der Waals surface area contributed by atoms with Crippen LogP contribution < -0.4 is 10.1 Å². The number of piperidine rings is 1. The number of hydrogen-bond donors (Lipinski definition) is 2. The minimum atomic E-state index is -0.822. The van der Waals surface area contributed by atoms with Crippen LogP contribution in [0.5, 0.6) is 5.75 Å². The number of carboxylic acid groups (broad SMARTS) is 1. The lowest BCUT2D eigenvalue weighted by atomic mass is 9.97. The number of ether oxygens (including phenoxy) is 1. The van der Waals surface area contributed by atoms with Gasteiger partial charge in [0, 0.05) is 19.2 Å². The fourth-order valence-electron chi connectivity index (χ4n) is 2.40. The first-order valence-electron chi connectivity index (χ1n) is 7.22. The Bertz CT molecular complexity index is 556. The van der Waals surface area contributed by atoms with Gasteiger partial charge in [-0.25, -0.2) is 9.18 Å². The second-order valence-electron chi connectivity index (χ2n) is 5.10. The monoisotopic (exact) mass is 310 g/mol. The van der Waals surface area contributed by atoms with E-state index in [0.29, 0.717) is 38.2 Å². The third-order valence-electron chi connectivity index (χ3n) is 3.62. The highest BCUT2D eigenvalue weighted by atomic mass is 19.1. The Morgan fingerprint density at radius 2 is 2.09 bits per heavy atom. The third-order valence-corrected chi connectivity index (χ3v) is 3.62. The largest absolute Gasteiger partial charge is 0.492 e. The summed E-state index contributed by atoms with van der Waals surface area (Å²) in [4.78, 5) is 24.7. The topological polar surface area (TPSA) is 78.9 Å². The molecule has 7 heteroatoms. The molecule has 1 aliphatic heterocycles. The van der Waals surface area contributed by atoms with Crippen molar-refractivity contribution in [1.29, 1.82) is 0 Å². The molecular formula is C15H19FN2O4. The molecule has 2 rings (SSSR count). The molecule has 2 amide bonds. The van der Waals surface area contributed by atoms with Gasteiger partial charge in [-0.3, -0.25) is 4.79 Å². The van der Waals surface area contributed by atoms with E-state index >= 15 is 0 Å². The van der Waals surface area contributed by atoms with E-state index < -0.39 is 17.7 Å². The first kappa shape index (κ1) is 16.1. The maximum absolute atomic E-state index is 13.2. The van der Waals surface area contributed by atoms with Crippen molar-refractivity contribution in [2.24, 2.45) is 5.92 Å². The predicted octanol–water partition coefficient (Wildman–Crippen LogP) is 2.55. The van der Waals surface area contributed by atoms with Crippen molar-refractivity contribution in [2.45, 2.75) is 19.8 Å². The van der Waals surface area contributed by atoms with Gasteiger partial charge in [0.05, 0.1) is 18.2 Å². The molecule has 1 fully saturated rings. The fraction of sp³-hybridized carbons (Fsp3) is 0.467. The van der Waals surface area contributed by atoms with Gasteiger partial charge in [0.2, 0.25) is 0 Å². The molecule has 0 atom stereocenters. The van der Waals surface area contributed by atoms with E-state index in [-0.39, 0.29) is 11.8 Å². The SMILES string of the molecule is CCOc1cc(F)ccc1NC(=O)N1CCC(C(=O)O)CC1. The molecule has 0 aromatic heterocycles. The standard InChI is InChI=1S/C15H19FN2O4/c1-2-22-13-9-11(16)3-4-12(13)17-15(21)18-7-5-10(6-8-18)14(19)20/h3-4,9-10H,2,5-8H2,1H3,(H,17,21)(H,19,20). The second kappa shape index (κ2) is 7.11. The molecule has 1 aromatic rings. The first-order chi connectivity index (χ1) is 10.5. The van der Waals surface area contributed by atoms with Crippen molar-refractivity contribution < 1.29 is 23.8 Å². The fourth-order valence-corrected chi connectivity index (χ4v) is 2.40. The zero-order valence-electron chi connectivity index (χ0n) is 12.3. The van der Waals surface area contributed by atoms with Gasteiger partial charge in [0.15, 0.2) is 0 Å². The Morgan fingerprint density at radius 3 is 2.68 bits per heavy atom. The van der Waals surface area contributed by atoms with Gasteiger partial charge < -0.3 is 20.1 Å². The average molecular weight is 310 g/mol. The molecular weight excluding hydrogens is 291 g/mol. The number of nitrogens with zero attached hydrogens (tertiary/aromatic N) is 1. The van der Waals surface area contributed by atoms with Crippen LogP contribution in [0.4, 0.5) is 14.9 Å². The number of carbonyl (C=O) groups excluding carboxylic acids is 1. The lowest BCUT2D eigenvalue weighted by Gasteiger charge is -2.30. The summed E-state index contributed by atoms with van der Waals surface area (Å²) >= 11 is 0. The number of hydrogen-bond acceptors (Lipinski definition) is 3. The highest BCUT2D eigenvalue weighted by Crippen LogP contribution is 2.26. The van der Waals surface area contributed by atoms with Crippen molar-refractivity contribution in [2.75, 3.05) is 25.0 Å². The summed E-state index contributed by atoms with van der Waals surface area (Å²) in [6, 6.07) is 3.57. The smallest absolute Gasteiger partial charge is 0.321 e. The van der Waals surface area contributed by atoms with E-state index in [1.807, 2.05) is 0 Å². The quantitative estimate of drug-likeness (QED) is 0.896. The number of anilines is 1. The average Bonchev–Trinajstić information content (AvgIpc) is 2.50. The van der Waals surface area contributed by atoms with E-state index in [2.05, 4.69) is 5.32 Å². The summed E-state index contributed by atoms with van der Waals surface area (Å²) in [6.45, 7) is 2.89. The molecule has 1 saturated heterocycles. The number of carboxylic acids is 1. The first-order valence-corrected chi connectivity index (χ1v) is 7.22. The van der Waals surface area contributed by atoms with E-state index in [4.69, 9.17) is 9.84 Å². The molecule has 1 aromatic carbocycles. The summed E-state index contributed by atoms with van der Waals surface area (Å²) in [5.41, 5.74) is 0.397. The molecule has 0 bridgehead atoms. The number of halogens is 1. The Labute approximate surface area is 127 Å². The Morgan fingerprint density at radius 1 is 1.41 bits per heavy atom. The molecule has 0 radical (unpaired) electrons. The minimum absolute atomic E-state index is 0.274. The maximum atomic E-state index is 13.2. The molecule has 0 aliphatic carbocycles. The van der Waals surface area contributed by atoms with E-state index in [0.717, 1.165) is 0 Å². The number of carbonyl (C=O) groups is 2. The lowest BCUT2D eigenvalue weighted by molar-refractivity contribution is -0.143. The molecule has 22 heavy (non-hydrogen) atoms. The van der Waals surface area contributed by atoms with Crippen LogP contribution in [0.3, 0.4) is 0 Å². The molecule has 1 heterocycles. The molecule has 0 saturated carbocycles. The van der Waals surface area contributed by atoms with Crippen molar-refractivity contribution in [3.05, 3.63) is 24.0 Å². The molecule has 120 valence electrons. The summed E-state index contributed by atoms with van der Waals surface area (Å²) in [7, 11) is 0. The van der Waals surface area contributed by atoms with Crippen LogP contribution in [0.25, 0.3) is 0 Å². The predicted molar refractivity (Wildman–Crippen MR) is 78.5 cm³/mol. The van der Waals surface area contributed by atoms with E-state index in [1.54, 1.807) is 11.8 Å². The number of aliphatic carboxylic acids is 1. The van der Waals surface area contributed by atoms with Crippen LogP contribution in [0, 0.1) is 11.7 Å². The highest BCUT2D eigenvalue weighted by Gasteiger charge is 2.27. The number of urea groups is 1. The normalized spacial score (nSPS) is 15.5. The molecule has 0 spiro atoms. The summed E-state index contributed by atoms with van der Waals surface area (Å²) in [5.74, 6) is -1.38. The van der Waals surface area contributed by atoms with Crippen LogP contribution in [0.2, 0.25) is 0 Å². The number of amides is 2. The third kappa shape index (κ3) is 3.87. The highest BCUT2D eigenvalue weighted by molar-refractivity contribution is 5.91. The van der Waals surface area contributed by atoms with Gasteiger partial charge in [-0.05, 0) is 31.9 Å². The van der Waals surface area contributed by atoms with Gasteiger partial charge in [0.1, 0.15) is 11.6 Å².